The van der Waals surface area contributed by atoms with E-state index in [4.69, 9.17) is 10.5 Å². The van der Waals surface area contributed by atoms with Crippen LogP contribution in [0.5, 0.6) is 5.75 Å². The average molecular weight is 361 g/mol. The molecule has 0 radical (unpaired) electrons. The van der Waals surface area contributed by atoms with Crippen molar-refractivity contribution in [2.45, 2.75) is 19.9 Å². The van der Waals surface area contributed by atoms with Gasteiger partial charge in [0.25, 0.3) is 5.91 Å². The summed E-state index contributed by atoms with van der Waals surface area (Å²) in [5.41, 5.74) is 6.80. The molecule has 6 nitrogen and oxygen atoms in total. The number of hydrogen-bond acceptors (Lipinski definition) is 5. The molecule has 0 fully saturated rings. The second-order valence-corrected chi connectivity index (χ2v) is 6.75. The van der Waals surface area contributed by atoms with Crippen molar-refractivity contribution < 1.29 is 14.3 Å². The number of aryl methyl sites for hydroxylation is 1. The number of rotatable bonds is 8. The van der Waals surface area contributed by atoms with Crippen LogP contribution in [0.1, 0.15) is 22.8 Å². The molecule has 1 aromatic carbocycles. The van der Waals surface area contributed by atoms with Crippen LogP contribution in [-0.2, 0) is 4.79 Å². The summed E-state index contributed by atoms with van der Waals surface area (Å²) < 4.78 is 5.69. The molecule has 0 bridgehead atoms. The highest BCUT2D eigenvalue weighted by Gasteiger charge is 2.20. The Hall–Kier alpha value is -2.38. The Morgan fingerprint density at radius 1 is 1.28 bits per heavy atom. The monoisotopic (exact) mass is 361 g/mol. The van der Waals surface area contributed by atoms with Crippen molar-refractivity contribution >= 4 is 28.2 Å². The van der Waals surface area contributed by atoms with Crippen molar-refractivity contribution in [2.24, 2.45) is 5.73 Å². The van der Waals surface area contributed by atoms with Gasteiger partial charge in [0.15, 0.2) is 0 Å². The maximum atomic E-state index is 12.4. The number of thiophene rings is 1. The molecule has 1 aromatic heterocycles. The third-order valence-corrected chi connectivity index (χ3v) is 4.77. The molecule has 7 heteroatoms. The van der Waals surface area contributed by atoms with Crippen LogP contribution in [0.2, 0.25) is 0 Å². The van der Waals surface area contributed by atoms with Gasteiger partial charge in [-0.25, -0.2) is 0 Å². The first kappa shape index (κ1) is 19.0. The summed E-state index contributed by atoms with van der Waals surface area (Å²) in [7, 11) is 1.85. The lowest BCUT2D eigenvalue weighted by molar-refractivity contribution is -0.120. The second kappa shape index (κ2) is 8.64. The quantitative estimate of drug-likeness (QED) is 0.756. The van der Waals surface area contributed by atoms with E-state index in [1.165, 1.54) is 16.9 Å². The lowest BCUT2D eigenvalue weighted by Crippen LogP contribution is -2.41. The van der Waals surface area contributed by atoms with Crippen molar-refractivity contribution in [3.05, 3.63) is 46.8 Å². The van der Waals surface area contributed by atoms with E-state index in [-0.39, 0.29) is 11.9 Å². The standard InChI is InChI=1S/C18H23N3O3S/c1-12-4-6-14(7-5-12)24-10-9-21(3)13(2)17(23)20-18-15(16(19)22)8-11-25-18/h4-8,11,13H,9-10H2,1-3H3,(H2,19,22)(H,20,23). The van der Waals surface area contributed by atoms with Gasteiger partial charge in [0, 0.05) is 6.54 Å². The van der Waals surface area contributed by atoms with E-state index >= 15 is 0 Å². The third kappa shape index (κ3) is 5.30. The fourth-order valence-electron chi connectivity index (χ4n) is 2.15. The molecule has 1 heterocycles. The zero-order valence-corrected chi connectivity index (χ0v) is 15.4. The molecule has 1 atom stereocenters. The van der Waals surface area contributed by atoms with Gasteiger partial charge in [0.2, 0.25) is 5.91 Å². The summed E-state index contributed by atoms with van der Waals surface area (Å²) in [6.07, 6.45) is 0. The Labute approximate surface area is 151 Å². The first-order chi connectivity index (χ1) is 11.9. The van der Waals surface area contributed by atoms with Crippen LogP contribution in [0, 0.1) is 6.92 Å². The number of nitrogens with two attached hydrogens (primary N) is 1. The predicted octanol–water partition coefficient (Wildman–Crippen LogP) is 2.49. The summed E-state index contributed by atoms with van der Waals surface area (Å²) in [6.45, 7) is 4.89. The Morgan fingerprint density at radius 2 is 1.96 bits per heavy atom. The molecule has 2 amide bonds. The Balaban J connectivity index is 1.83. The van der Waals surface area contributed by atoms with Gasteiger partial charge in [0.1, 0.15) is 17.4 Å². The fraction of sp³-hybridized carbons (Fsp3) is 0.333. The minimum atomic E-state index is -0.552. The van der Waals surface area contributed by atoms with E-state index < -0.39 is 5.91 Å². The van der Waals surface area contributed by atoms with Gasteiger partial charge in [-0.3, -0.25) is 14.5 Å². The molecule has 1 unspecified atom stereocenters. The number of carbonyl (C=O) groups is 2. The van der Waals surface area contributed by atoms with E-state index in [0.717, 1.165) is 5.75 Å². The molecule has 134 valence electrons. The topological polar surface area (TPSA) is 84.7 Å². The number of hydrogen-bond donors (Lipinski definition) is 2. The third-order valence-electron chi connectivity index (χ3n) is 3.94. The number of likely N-dealkylation sites (N-methyl/N-ethyl adjacent to an activating group) is 1. The number of nitrogens with one attached hydrogen (secondary N) is 1. The van der Waals surface area contributed by atoms with E-state index in [2.05, 4.69) is 5.32 Å². The minimum Gasteiger partial charge on any atom is -0.492 e. The van der Waals surface area contributed by atoms with Gasteiger partial charge in [-0.15, -0.1) is 11.3 Å². The molecule has 0 aliphatic rings. The van der Waals surface area contributed by atoms with Crippen LogP contribution >= 0.6 is 11.3 Å². The fourth-order valence-corrected chi connectivity index (χ4v) is 2.95. The molecule has 25 heavy (non-hydrogen) atoms. The number of amides is 2. The first-order valence-corrected chi connectivity index (χ1v) is 8.84. The van der Waals surface area contributed by atoms with Gasteiger partial charge in [-0.05, 0) is 44.5 Å². The Kier molecular flexibility index (Phi) is 6.55. The second-order valence-electron chi connectivity index (χ2n) is 5.83. The van der Waals surface area contributed by atoms with Gasteiger partial charge in [0.05, 0.1) is 11.6 Å². The van der Waals surface area contributed by atoms with Crippen molar-refractivity contribution in [1.29, 1.82) is 0 Å². The SMILES string of the molecule is Cc1ccc(OCCN(C)C(C)C(=O)Nc2sccc2C(N)=O)cc1. The number of primary amides is 1. The number of ether oxygens (including phenoxy) is 1. The largest absolute Gasteiger partial charge is 0.492 e. The van der Waals surface area contributed by atoms with Crippen molar-refractivity contribution in [1.82, 2.24) is 4.90 Å². The number of anilines is 1. The highest BCUT2D eigenvalue weighted by molar-refractivity contribution is 7.14. The lowest BCUT2D eigenvalue weighted by Gasteiger charge is -2.23. The van der Waals surface area contributed by atoms with Crippen LogP contribution in [0.3, 0.4) is 0 Å². The number of carbonyl (C=O) groups excluding carboxylic acids is 2. The minimum absolute atomic E-state index is 0.192. The van der Waals surface area contributed by atoms with Crippen LogP contribution in [0.25, 0.3) is 0 Å². The van der Waals surface area contributed by atoms with Crippen molar-refractivity contribution in [3.8, 4) is 5.75 Å². The van der Waals surface area contributed by atoms with Gasteiger partial charge in [-0.2, -0.15) is 0 Å². The maximum absolute atomic E-state index is 12.4. The molecule has 0 spiro atoms. The van der Waals surface area contributed by atoms with Gasteiger partial charge < -0.3 is 15.8 Å². The molecular weight excluding hydrogens is 338 g/mol. The van der Waals surface area contributed by atoms with Crippen LogP contribution < -0.4 is 15.8 Å². The Morgan fingerprint density at radius 3 is 2.60 bits per heavy atom. The molecule has 0 saturated carbocycles. The molecule has 0 saturated heterocycles. The van der Waals surface area contributed by atoms with Crippen LogP contribution in [-0.4, -0.2) is 43.0 Å². The summed E-state index contributed by atoms with van der Waals surface area (Å²) in [4.78, 5) is 25.6. The summed E-state index contributed by atoms with van der Waals surface area (Å²) >= 11 is 1.28. The van der Waals surface area contributed by atoms with E-state index in [1.807, 2.05) is 43.1 Å². The number of benzene rings is 1. The maximum Gasteiger partial charge on any atom is 0.251 e. The molecule has 0 aliphatic carbocycles. The van der Waals surface area contributed by atoms with E-state index in [9.17, 15) is 9.59 Å². The molecule has 2 aromatic rings. The van der Waals surface area contributed by atoms with Gasteiger partial charge >= 0.3 is 0 Å². The van der Waals surface area contributed by atoms with Crippen LogP contribution in [0.4, 0.5) is 5.00 Å². The van der Waals surface area contributed by atoms with Crippen molar-refractivity contribution in [3.63, 3.8) is 0 Å². The molecule has 0 aliphatic heterocycles. The lowest BCUT2D eigenvalue weighted by atomic mass is 10.2. The summed E-state index contributed by atoms with van der Waals surface area (Å²) in [5.74, 6) is 0.0626. The molecule has 3 N–H and O–H groups in total. The highest BCUT2D eigenvalue weighted by atomic mass is 32.1. The Bertz CT molecular complexity index is 727. The first-order valence-electron chi connectivity index (χ1n) is 7.96. The molecular formula is C18H23N3O3S. The predicted molar refractivity (Wildman–Crippen MR) is 100 cm³/mol. The highest BCUT2D eigenvalue weighted by Crippen LogP contribution is 2.23. The van der Waals surface area contributed by atoms with Crippen molar-refractivity contribution in [2.75, 3.05) is 25.5 Å². The van der Waals surface area contributed by atoms with E-state index in [1.54, 1.807) is 18.4 Å². The number of nitrogens with zero attached hydrogens (tertiary/aromatic N) is 1. The molecule has 2 rings (SSSR count). The average Bonchev–Trinajstić information content (AvgIpc) is 3.04. The summed E-state index contributed by atoms with van der Waals surface area (Å²) in [6, 6.07) is 9.07. The zero-order chi connectivity index (χ0) is 18.4. The normalized spacial score (nSPS) is 12.0. The van der Waals surface area contributed by atoms with E-state index in [0.29, 0.717) is 23.7 Å². The summed E-state index contributed by atoms with van der Waals surface area (Å²) in [5, 5.41) is 4.97. The van der Waals surface area contributed by atoms with Crippen LogP contribution in [0.15, 0.2) is 35.7 Å². The zero-order valence-electron chi connectivity index (χ0n) is 14.6. The van der Waals surface area contributed by atoms with Gasteiger partial charge in [-0.1, -0.05) is 17.7 Å². The smallest absolute Gasteiger partial charge is 0.251 e.